The van der Waals surface area contributed by atoms with E-state index in [-0.39, 0.29) is 11.9 Å². The first kappa shape index (κ1) is 18.6. The molecular weight excluding hydrogens is 322 g/mol. The Kier molecular flexibility index (Phi) is 6.42. The number of carbonyl (C=O) groups excluding carboxylic acids is 1. The summed E-state index contributed by atoms with van der Waals surface area (Å²) in [5, 5.41) is 3.03. The number of rotatable bonds is 6. The van der Waals surface area contributed by atoms with Gasteiger partial charge in [0.15, 0.2) is 0 Å². The number of piperazine rings is 1. The molecule has 0 spiro atoms. The third-order valence-corrected chi connectivity index (χ3v) is 5.21. The Morgan fingerprint density at radius 2 is 1.65 bits per heavy atom. The van der Waals surface area contributed by atoms with Crippen LogP contribution >= 0.6 is 0 Å². The third-order valence-electron chi connectivity index (χ3n) is 5.21. The van der Waals surface area contributed by atoms with E-state index in [9.17, 15) is 4.79 Å². The van der Waals surface area contributed by atoms with Gasteiger partial charge in [0.25, 0.3) is 0 Å². The van der Waals surface area contributed by atoms with Crippen LogP contribution in [-0.2, 0) is 11.2 Å². The van der Waals surface area contributed by atoms with E-state index in [2.05, 4.69) is 45.4 Å². The van der Waals surface area contributed by atoms with Gasteiger partial charge < -0.3 is 10.2 Å². The zero-order chi connectivity index (χ0) is 18.4. The number of aryl methyl sites for hydroxylation is 1. The molecule has 1 aliphatic heterocycles. The van der Waals surface area contributed by atoms with Crippen molar-refractivity contribution >= 4 is 11.6 Å². The predicted molar refractivity (Wildman–Crippen MR) is 107 cm³/mol. The Balaban J connectivity index is 1.43. The highest BCUT2D eigenvalue weighted by molar-refractivity contribution is 5.94. The lowest BCUT2D eigenvalue weighted by Crippen LogP contribution is -2.53. The van der Waals surface area contributed by atoms with E-state index >= 15 is 0 Å². The van der Waals surface area contributed by atoms with Crippen LogP contribution in [0.1, 0.15) is 18.1 Å². The van der Waals surface area contributed by atoms with Crippen LogP contribution in [0.4, 0.5) is 5.69 Å². The van der Waals surface area contributed by atoms with Crippen molar-refractivity contribution in [2.24, 2.45) is 0 Å². The lowest BCUT2D eigenvalue weighted by Gasteiger charge is -2.37. The van der Waals surface area contributed by atoms with Crippen molar-refractivity contribution in [2.45, 2.75) is 26.3 Å². The second kappa shape index (κ2) is 8.97. The van der Waals surface area contributed by atoms with Gasteiger partial charge in [-0.25, -0.2) is 0 Å². The molecule has 4 heteroatoms. The SMILES string of the molecule is Cc1ccc(NC(=O)C(C)N2CCN(CCc3ccccc3)CC2)cc1. The van der Waals surface area contributed by atoms with Crippen LogP contribution in [0.2, 0.25) is 0 Å². The molecule has 26 heavy (non-hydrogen) atoms. The number of hydrogen-bond acceptors (Lipinski definition) is 3. The van der Waals surface area contributed by atoms with Crippen LogP contribution in [0.15, 0.2) is 54.6 Å². The van der Waals surface area contributed by atoms with E-state index in [0.717, 1.165) is 44.8 Å². The Bertz CT molecular complexity index is 691. The molecule has 138 valence electrons. The van der Waals surface area contributed by atoms with Crippen molar-refractivity contribution in [2.75, 3.05) is 38.0 Å². The van der Waals surface area contributed by atoms with Crippen LogP contribution in [0.25, 0.3) is 0 Å². The fraction of sp³-hybridized carbons (Fsp3) is 0.409. The third kappa shape index (κ3) is 5.16. The minimum absolute atomic E-state index is 0.0755. The molecular formula is C22H29N3O. The zero-order valence-electron chi connectivity index (χ0n) is 15.8. The molecule has 0 radical (unpaired) electrons. The standard InChI is InChI=1S/C22H29N3O/c1-18-8-10-21(11-9-18)23-22(26)19(2)25-16-14-24(15-17-25)13-12-20-6-4-3-5-7-20/h3-11,19H,12-17H2,1-2H3,(H,23,26). The van der Waals surface area contributed by atoms with Crippen LogP contribution in [-0.4, -0.2) is 54.5 Å². The number of hydrogen-bond donors (Lipinski definition) is 1. The first-order chi connectivity index (χ1) is 12.6. The molecule has 1 N–H and O–H groups in total. The van der Waals surface area contributed by atoms with Crippen molar-refractivity contribution in [3.8, 4) is 0 Å². The van der Waals surface area contributed by atoms with Gasteiger partial charge in [0.1, 0.15) is 0 Å². The molecule has 2 aromatic rings. The predicted octanol–water partition coefficient (Wildman–Crippen LogP) is 3.18. The van der Waals surface area contributed by atoms with E-state index in [1.807, 2.05) is 38.1 Å². The summed E-state index contributed by atoms with van der Waals surface area (Å²) in [5.41, 5.74) is 3.46. The van der Waals surface area contributed by atoms with Gasteiger partial charge in [-0.15, -0.1) is 0 Å². The summed E-state index contributed by atoms with van der Waals surface area (Å²) >= 11 is 0. The highest BCUT2D eigenvalue weighted by Gasteiger charge is 2.25. The van der Waals surface area contributed by atoms with Gasteiger partial charge in [-0.2, -0.15) is 0 Å². The molecule has 2 aromatic carbocycles. The van der Waals surface area contributed by atoms with Crippen molar-refractivity contribution in [1.29, 1.82) is 0 Å². The highest BCUT2D eigenvalue weighted by atomic mass is 16.2. The lowest BCUT2D eigenvalue weighted by atomic mass is 10.1. The minimum Gasteiger partial charge on any atom is -0.325 e. The van der Waals surface area contributed by atoms with E-state index in [0.29, 0.717) is 0 Å². The van der Waals surface area contributed by atoms with Crippen LogP contribution in [0.3, 0.4) is 0 Å². The molecule has 1 atom stereocenters. The highest BCUT2D eigenvalue weighted by Crippen LogP contribution is 2.12. The molecule has 1 heterocycles. The number of anilines is 1. The van der Waals surface area contributed by atoms with E-state index in [1.165, 1.54) is 11.1 Å². The van der Waals surface area contributed by atoms with Crippen LogP contribution in [0.5, 0.6) is 0 Å². The Morgan fingerprint density at radius 3 is 2.31 bits per heavy atom. The van der Waals surface area contributed by atoms with Gasteiger partial charge in [0.2, 0.25) is 5.91 Å². The maximum Gasteiger partial charge on any atom is 0.241 e. The normalized spacial score (nSPS) is 17.0. The van der Waals surface area contributed by atoms with Crippen molar-refractivity contribution in [1.82, 2.24) is 9.80 Å². The van der Waals surface area contributed by atoms with E-state index in [4.69, 9.17) is 0 Å². The maximum atomic E-state index is 12.5. The molecule has 1 amide bonds. The maximum absolute atomic E-state index is 12.5. The number of nitrogens with one attached hydrogen (secondary N) is 1. The summed E-state index contributed by atoms with van der Waals surface area (Å²) in [4.78, 5) is 17.3. The minimum atomic E-state index is -0.104. The number of benzene rings is 2. The second-order valence-corrected chi connectivity index (χ2v) is 7.14. The van der Waals surface area contributed by atoms with Crippen LogP contribution in [0, 0.1) is 6.92 Å². The van der Waals surface area contributed by atoms with Gasteiger partial charge >= 0.3 is 0 Å². The van der Waals surface area contributed by atoms with Gasteiger partial charge in [-0.1, -0.05) is 48.0 Å². The molecule has 1 saturated heterocycles. The largest absolute Gasteiger partial charge is 0.325 e. The molecule has 1 fully saturated rings. The van der Waals surface area contributed by atoms with Gasteiger partial charge in [-0.05, 0) is 38.0 Å². The summed E-state index contributed by atoms with van der Waals surface area (Å²) < 4.78 is 0. The summed E-state index contributed by atoms with van der Waals surface area (Å²) in [6.45, 7) is 9.06. The average Bonchev–Trinajstić information content (AvgIpc) is 2.69. The van der Waals surface area contributed by atoms with E-state index < -0.39 is 0 Å². The Hall–Kier alpha value is -2.17. The quantitative estimate of drug-likeness (QED) is 0.868. The topological polar surface area (TPSA) is 35.6 Å². The lowest BCUT2D eigenvalue weighted by molar-refractivity contribution is -0.121. The van der Waals surface area contributed by atoms with Crippen molar-refractivity contribution in [3.05, 3.63) is 65.7 Å². The van der Waals surface area contributed by atoms with E-state index in [1.54, 1.807) is 0 Å². The van der Waals surface area contributed by atoms with Gasteiger partial charge in [0, 0.05) is 38.4 Å². The average molecular weight is 351 g/mol. The fourth-order valence-electron chi connectivity index (χ4n) is 3.36. The first-order valence-corrected chi connectivity index (χ1v) is 9.50. The molecule has 3 rings (SSSR count). The van der Waals surface area contributed by atoms with Gasteiger partial charge in [0.05, 0.1) is 6.04 Å². The van der Waals surface area contributed by atoms with Crippen molar-refractivity contribution in [3.63, 3.8) is 0 Å². The summed E-state index contributed by atoms with van der Waals surface area (Å²) in [6.07, 6.45) is 1.09. The fourth-order valence-corrected chi connectivity index (χ4v) is 3.36. The second-order valence-electron chi connectivity index (χ2n) is 7.14. The molecule has 4 nitrogen and oxygen atoms in total. The summed E-state index contributed by atoms with van der Waals surface area (Å²) in [7, 11) is 0. The van der Waals surface area contributed by atoms with Crippen LogP contribution < -0.4 is 5.32 Å². The summed E-state index contributed by atoms with van der Waals surface area (Å²) in [5.74, 6) is 0.0755. The number of amides is 1. The molecule has 0 saturated carbocycles. The number of carbonyl (C=O) groups is 1. The Labute approximate surface area is 156 Å². The van der Waals surface area contributed by atoms with Crippen molar-refractivity contribution < 1.29 is 4.79 Å². The Morgan fingerprint density at radius 1 is 1.00 bits per heavy atom. The number of nitrogens with zero attached hydrogens (tertiary/aromatic N) is 2. The summed E-state index contributed by atoms with van der Waals surface area (Å²) in [6, 6.07) is 18.5. The smallest absolute Gasteiger partial charge is 0.241 e. The molecule has 1 aliphatic rings. The zero-order valence-corrected chi connectivity index (χ0v) is 15.8. The molecule has 1 unspecified atom stereocenters. The monoisotopic (exact) mass is 351 g/mol. The molecule has 0 bridgehead atoms. The molecule has 0 aliphatic carbocycles. The van der Waals surface area contributed by atoms with Gasteiger partial charge in [-0.3, -0.25) is 9.69 Å². The first-order valence-electron chi connectivity index (χ1n) is 9.50. The molecule has 0 aromatic heterocycles.